The number of nitrogens with zero attached hydrogens (tertiary/aromatic N) is 2. The predicted molar refractivity (Wildman–Crippen MR) is 143 cm³/mol. The van der Waals surface area contributed by atoms with Crippen molar-refractivity contribution < 1.29 is 19.4 Å². The summed E-state index contributed by atoms with van der Waals surface area (Å²) >= 11 is 0. The Morgan fingerprint density at radius 1 is 1.22 bits per heavy atom. The smallest absolute Gasteiger partial charge is 0.131 e. The first-order chi connectivity index (χ1) is 17.5. The molecular weight excluding hydrogens is 448 g/mol. The van der Waals surface area contributed by atoms with Crippen molar-refractivity contribution in [2.24, 2.45) is 11.8 Å². The zero-order valence-corrected chi connectivity index (χ0v) is 21.7. The number of aromatic nitrogens is 1. The van der Waals surface area contributed by atoms with Crippen molar-refractivity contribution >= 4 is 10.9 Å². The van der Waals surface area contributed by atoms with Crippen LogP contribution in [-0.4, -0.2) is 47.4 Å². The van der Waals surface area contributed by atoms with Crippen LogP contribution in [-0.2, 0) is 6.54 Å². The maximum atomic E-state index is 11.8. The molecule has 5 atom stereocenters. The third kappa shape index (κ3) is 5.49. The van der Waals surface area contributed by atoms with Gasteiger partial charge in [0.2, 0.25) is 0 Å². The molecule has 3 aliphatic rings. The molecule has 192 valence electrons. The average molecular weight is 489 g/mol. The van der Waals surface area contributed by atoms with Gasteiger partial charge in [-0.2, -0.15) is 0 Å². The molecule has 2 aromatic carbocycles. The number of fused-ring (bicyclic) bond motifs is 4. The van der Waals surface area contributed by atoms with Crippen LogP contribution in [0.25, 0.3) is 10.9 Å². The van der Waals surface area contributed by atoms with Crippen LogP contribution in [0.5, 0.6) is 5.75 Å². The van der Waals surface area contributed by atoms with Crippen molar-refractivity contribution in [2.75, 3.05) is 26.8 Å². The van der Waals surface area contributed by atoms with Gasteiger partial charge in [0, 0.05) is 35.9 Å². The number of rotatable bonds is 8. The van der Waals surface area contributed by atoms with Gasteiger partial charge >= 0.3 is 0 Å². The first-order valence-electron chi connectivity index (χ1n) is 13.3. The van der Waals surface area contributed by atoms with Crippen LogP contribution in [0.2, 0.25) is 0 Å². The Morgan fingerprint density at radius 2 is 2.03 bits per heavy atom. The number of unbranched alkanes of at least 4 members (excludes halogenated alkanes) is 1. The second kappa shape index (κ2) is 12.0. The summed E-state index contributed by atoms with van der Waals surface area (Å²) in [5.41, 5.74) is 3.19. The molecule has 0 saturated carbocycles. The highest BCUT2D eigenvalue weighted by Gasteiger charge is 2.53. The largest absolute Gasteiger partial charge is 0.854 e. The summed E-state index contributed by atoms with van der Waals surface area (Å²) in [6, 6.07) is 18.8. The highest BCUT2D eigenvalue weighted by atomic mass is 16.5. The minimum absolute atomic E-state index is 0.0938. The SMILES string of the molecule is C=C[C@H]1C[N@+]2(Cc3ccccc3)CC[C@H]1C[C@H]2[C@H](O)c1ccnc2ccc(OC)cc12.CCCC[O-]. The van der Waals surface area contributed by atoms with E-state index in [1.165, 1.54) is 12.0 Å². The van der Waals surface area contributed by atoms with E-state index in [0.29, 0.717) is 11.8 Å². The Balaban J connectivity index is 0.000000556. The minimum Gasteiger partial charge on any atom is -0.854 e. The van der Waals surface area contributed by atoms with Crippen LogP contribution >= 0.6 is 0 Å². The second-order valence-electron chi connectivity index (χ2n) is 10.3. The van der Waals surface area contributed by atoms with Crippen molar-refractivity contribution in [3.8, 4) is 5.75 Å². The number of aliphatic hydroxyl groups is 1. The van der Waals surface area contributed by atoms with E-state index in [0.717, 1.165) is 65.6 Å². The molecule has 3 fully saturated rings. The highest BCUT2D eigenvalue weighted by molar-refractivity contribution is 5.83. The van der Waals surface area contributed by atoms with Gasteiger partial charge in [-0.05, 0) is 35.7 Å². The molecule has 2 bridgehead atoms. The van der Waals surface area contributed by atoms with Crippen LogP contribution in [0.3, 0.4) is 0 Å². The first kappa shape index (κ1) is 26.3. The van der Waals surface area contributed by atoms with Gasteiger partial charge in [-0.15, -0.1) is 13.2 Å². The number of ether oxygens (including phenoxy) is 1. The summed E-state index contributed by atoms with van der Waals surface area (Å²) in [7, 11) is 1.68. The number of aliphatic hydroxyl groups excluding tert-OH is 1. The molecule has 0 aliphatic carbocycles. The lowest BCUT2D eigenvalue weighted by molar-refractivity contribution is -0.984. The van der Waals surface area contributed by atoms with Crippen molar-refractivity contribution in [1.82, 2.24) is 4.98 Å². The van der Waals surface area contributed by atoms with E-state index in [2.05, 4.69) is 48.0 Å². The highest BCUT2D eigenvalue weighted by Crippen LogP contribution is 2.48. The molecule has 0 amide bonds. The Hall–Kier alpha value is -2.73. The van der Waals surface area contributed by atoms with E-state index >= 15 is 0 Å². The van der Waals surface area contributed by atoms with Gasteiger partial charge < -0.3 is 19.4 Å². The third-order valence-electron chi connectivity index (χ3n) is 8.18. The number of methoxy groups -OCH3 is 1. The van der Waals surface area contributed by atoms with Crippen LogP contribution in [0.1, 0.15) is 49.8 Å². The molecule has 1 N–H and O–H groups in total. The van der Waals surface area contributed by atoms with E-state index < -0.39 is 6.10 Å². The monoisotopic (exact) mass is 488 g/mol. The summed E-state index contributed by atoms with van der Waals surface area (Å²) < 4.78 is 6.38. The topological polar surface area (TPSA) is 65.4 Å². The summed E-state index contributed by atoms with van der Waals surface area (Å²) in [5.74, 6) is 1.92. The lowest BCUT2D eigenvalue weighted by atomic mass is 9.71. The summed E-state index contributed by atoms with van der Waals surface area (Å²) in [4.78, 5) is 4.52. The van der Waals surface area contributed by atoms with Gasteiger partial charge in [0.25, 0.3) is 0 Å². The normalized spacial score (nSPS) is 25.6. The zero-order valence-electron chi connectivity index (χ0n) is 21.7. The predicted octanol–water partition coefficient (Wildman–Crippen LogP) is 5.04. The van der Waals surface area contributed by atoms with Crippen LogP contribution in [0.15, 0.2) is 73.4 Å². The number of benzene rings is 2. The minimum atomic E-state index is -0.546. The molecule has 0 radical (unpaired) electrons. The molecule has 3 aliphatic heterocycles. The molecular formula is C31H40N2O3. The van der Waals surface area contributed by atoms with Crippen LogP contribution in [0.4, 0.5) is 0 Å². The van der Waals surface area contributed by atoms with Crippen LogP contribution < -0.4 is 9.84 Å². The maximum Gasteiger partial charge on any atom is 0.131 e. The number of pyridine rings is 1. The number of quaternary nitrogens is 1. The fraction of sp³-hybridized carbons (Fsp3) is 0.452. The molecule has 3 aromatic rings. The van der Waals surface area contributed by atoms with E-state index in [4.69, 9.17) is 4.74 Å². The van der Waals surface area contributed by atoms with Crippen molar-refractivity contribution in [3.63, 3.8) is 0 Å². The zero-order chi connectivity index (χ0) is 25.5. The summed E-state index contributed by atoms with van der Waals surface area (Å²) in [6.45, 7) is 9.35. The Kier molecular flexibility index (Phi) is 8.78. The maximum absolute atomic E-state index is 11.8. The molecule has 4 heterocycles. The molecule has 3 saturated heterocycles. The fourth-order valence-electron chi connectivity index (χ4n) is 6.21. The van der Waals surface area contributed by atoms with Crippen molar-refractivity contribution in [3.05, 3.63) is 84.6 Å². The van der Waals surface area contributed by atoms with Gasteiger partial charge in [-0.3, -0.25) is 4.98 Å². The Labute approximate surface area is 215 Å². The molecule has 5 nitrogen and oxygen atoms in total. The van der Waals surface area contributed by atoms with E-state index in [9.17, 15) is 10.2 Å². The molecule has 0 unspecified atom stereocenters. The molecule has 36 heavy (non-hydrogen) atoms. The Bertz CT molecular complexity index is 1130. The third-order valence-corrected chi connectivity index (χ3v) is 8.18. The van der Waals surface area contributed by atoms with E-state index in [1.54, 1.807) is 7.11 Å². The number of piperidine rings is 3. The Morgan fingerprint density at radius 3 is 2.69 bits per heavy atom. The lowest BCUT2D eigenvalue weighted by Gasteiger charge is -2.58. The van der Waals surface area contributed by atoms with Gasteiger partial charge in [0.15, 0.2) is 0 Å². The molecule has 5 heteroatoms. The fourth-order valence-corrected chi connectivity index (χ4v) is 6.21. The second-order valence-corrected chi connectivity index (χ2v) is 10.3. The molecule has 0 spiro atoms. The van der Waals surface area contributed by atoms with E-state index in [-0.39, 0.29) is 12.6 Å². The van der Waals surface area contributed by atoms with Gasteiger partial charge in [0.05, 0.1) is 25.7 Å². The first-order valence-corrected chi connectivity index (χ1v) is 13.3. The molecule has 1 aromatic heterocycles. The van der Waals surface area contributed by atoms with Gasteiger partial charge in [0.1, 0.15) is 24.4 Å². The summed E-state index contributed by atoms with van der Waals surface area (Å²) in [5, 5.41) is 22.3. The van der Waals surface area contributed by atoms with Crippen molar-refractivity contribution in [2.45, 2.75) is 51.3 Å². The quantitative estimate of drug-likeness (QED) is 0.357. The van der Waals surface area contributed by atoms with E-state index in [1.807, 2.05) is 37.4 Å². The number of hydrogen-bond donors (Lipinski definition) is 1. The van der Waals surface area contributed by atoms with Gasteiger partial charge in [-0.25, -0.2) is 0 Å². The number of hydrogen-bond acceptors (Lipinski definition) is 4. The lowest BCUT2D eigenvalue weighted by Crippen LogP contribution is -2.67. The summed E-state index contributed by atoms with van der Waals surface area (Å²) in [6.07, 6.45) is 7.52. The molecule has 6 rings (SSSR count). The standard InChI is InChI=1S/C27H31N2O2.C4H9O/c1-3-20-18-29(17-19-7-5-4-6-8-19)14-12-21(20)15-26(29)27(30)23-11-13-28-25-10-9-22(31-2)16-24(23)25;1-2-3-4-5/h3-11,13,16,20-21,26-27,30H,1,12,14-15,17-18H2,2H3;2-4H2,1H3/q+1;-1/t20-,21-,26-,27+,29+;/m0./s1. The van der Waals surface area contributed by atoms with Crippen LogP contribution in [0, 0.1) is 11.8 Å². The van der Waals surface area contributed by atoms with Crippen molar-refractivity contribution in [1.29, 1.82) is 0 Å². The van der Waals surface area contributed by atoms with Gasteiger partial charge in [-0.1, -0.05) is 56.2 Å². The average Bonchev–Trinajstić information content (AvgIpc) is 2.93.